The summed E-state index contributed by atoms with van der Waals surface area (Å²) in [6, 6.07) is -0.688. The molecule has 3 rings (SSSR count). The monoisotopic (exact) mass is 466 g/mol. The van der Waals surface area contributed by atoms with Gasteiger partial charge in [0.05, 0.1) is 6.10 Å². The molecule has 9 nitrogen and oxygen atoms in total. The van der Waals surface area contributed by atoms with E-state index in [0.717, 1.165) is 51.7 Å². The van der Waals surface area contributed by atoms with Gasteiger partial charge in [0, 0.05) is 46.3 Å². The van der Waals surface area contributed by atoms with E-state index in [1.165, 1.54) is 14.0 Å². The lowest BCUT2D eigenvalue weighted by atomic mass is 9.82. The number of amides is 3. The molecule has 188 valence electrons. The molecule has 3 fully saturated rings. The Hall–Kier alpha value is -1.71. The molecule has 0 radical (unpaired) electrons. The summed E-state index contributed by atoms with van der Waals surface area (Å²) in [6.07, 6.45) is 7.41. The fourth-order valence-corrected chi connectivity index (χ4v) is 5.56. The van der Waals surface area contributed by atoms with Crippen LogP contribution in [-0.4, -0.2) is 92.2 Å². The first-order valence-electron chi connectivity index (χ1n) is 12.6. The summed E-state index contributed by atoms with van der Waals surface area (Å²) in [5, 5.41) is 3.11. The first kappa shape index (κ1) is 25.9. The highest BCUT2D eigenvalue weighted by molar-refractivity contribution is 5.87. The fraction of sp³-hybridized carbons (Fsp3) is 0.875. The summed E-state index contributed by atoms with van der Waals surface area (Å²) in [5.41, 5.74) is 5.79. The molecule has 9 heteroatoms. The van der Waals surface area contributed by atoms with Crippen LogP contribution in [0.1, 0.15) is 58.3 Å². The second kappa shape index (κ2) is 12.7. The standard InChI is InChI=1S/C24H42N4O5/c1-17(29)27-10-9-20(28(23(30)16-32-2)15-21-4-3-11-33-21)12-22(27)24(31)26-14-19-7-5-18(13-25)6-8-19/h18-22H,3-16,25H2,1-2H3,(H,26,31)/t18?,19?,20?,21?,22-/m1/s1. The molecule has 1 aliphatic carbocycles. The Balaban J connectivity index is 1.63. The van der Waals surface area contributed by atoms with Gasteiger partial charge in [0.15, 0.2) is 0 Å². The Morgan fingerprint density at radius 3 is 2.45 bits per heavy atom. The minimum absolute atomic E-state index is 0.00196. The number of hydrogen-bond donors (Lipinski definition) is 2. The molecule has 2 aliphatic heterocycles. The summed E-state index contributed by atoms with van der Waals surface area (Å²) >= 11 is 0. The first-order valence-corrected chi connectivity index (χ1v) is 12.6. The van der Waals surface area contributed by atoms with E-state index in [1.807, 2.05) is 4.90 Å². The van der Waals surface area contributed by atoms with E-state index >= 15 is 0 Å². The summed E-state index contributed by atoms with van der Waals surface area (Å²) < 4.78 is 10.9. The number of carbonyl (C=O) groups is 3. The number of nitrogens with one attached hydrogen (secondary N) is 1. The molecule has 0 spiro atoms. The lowest BCUT2D eigenvalue weighted by Gasteiger charge is -2.43. The average Bonchev–Trinajstić information content (AvgIpc) is 3.34. The molecule has 0 aromatic rings. The van der Waals surface area contributed by atoms with Crippen LogP contribution in [0.2, 0.25) is 0 Å². The predicted molar refractivity (Wildman–Crippen MR) is 124 cm³/mol. The van der Waals surface area contributed by atoms with E-state index in [2.05, 4.69) is 5.32 Å². The topological polar surface area (TPSA) is 114 Å². The van der Waals surface area contributed by atoms with Crippen LogP contribution in [0.25, 0.3) is 0 Å². The Labute approximate surface area is 197 Å². The lowest BCUT2D eigenvalue weighted by molar-refractivity contribution is -0.147. The molecule has 3 atom stereocenters. The van der Waals surface area contributed by atoms with Crippen LogP contribution in [0.4, 0.5) is 0 Å². The second-order valence-electron chi connectivity index (χ2n) is 9.89. The quantitative estimate of drug-likeness (QED) is 0.522. The van der Waals surface area contributed by atoms with Gasteiger partial charge in [0.2, 0.25) is 17.7 Å². The van der Waals surface area contributed by atoms with Gasteiger partial charge in [-0.2, -0.15) is 0 Å². The SMILES string of the molecule is COCC(=O)N(CC1CCCO1)C1CCN(C(C)=O)[C@@H](C(=O)NCC2CCC(CN)CC2)C1. The van der Waals surface area contributed by atoms with Crippen molar-refractivity contribution in [1.82, 2.24) is 15.1 Å². The largest absolute Gasteiger partial charge is 0.376 e. The maximum Gasteiger partial charge on any atom is 0.248 e. The van der Waals surface area contributed by atoms with E-state index in [1.54, 1.807) is 4.90 Å². The molecule has 3 amide bonds. The zero-order valence-electron chi connectivity index (χ0n) is 20.3. The Kier molecular flexibility index (Phi) is 9.94. The number of hydrogen-bond acceptors (Lipinski definition) is 6. The van der Waals surface area contributed by atoms with Crippen molar-refractivity contribution in [3.05, 3.63) is 0 Å². The van der Waals surface area contributed by atoms with Gasteiger partial charge in [-0.3, -0.25) is 14.4 Å². The van der Waals surface area contributed by atoms with Crippen molar-refractivity contribution in [1.29, 1.82) is 0 Å². The van der Waals surface area contributed by atoms with E-state index in [9.17, 15) is 14.4 Å². The number of ether oxygens (including phenoxy) is 2. The van der Waals surface area contributed by atoms with Crippen LogP contribution in [0.5, 0.6) is 0 Å². The van der Waals surface area contributed by atoms with Crippen molar-refractivity contribution >= 4 is 17.7 Å². The second-order valence-corrected chi connectivity index (χ2v) is 9.89. The molecule has 2 saturated heterocycles. The third kappa shape index (κ3) is 7.13. The number of methoxy groups -OCH3 is 1. The number of likely N-dealkylation sites (tertiary alicyclic amines) is 1. The van der Waals surface area contributed by atoms with E-state index < -0.39 is 6.04 Å². The predicted octanol–water partition coefficient (Wildman–Crippen LogP) is 0.901. The van der Waals surface area contributed by atoms with Crippen molar-refractivity contribution < 1.29 is 23.9 Å². The van der Waals surface area contributed by atoms with Gasteiger partial charge in [-0.1, -0.05) is 0 Å². The molecular formula is C24H42N4O5. The van der Waals surface area contributed by atoms with Gasteiger partial charge < -0.3 is 30.3 Å². The highest BCUT2D eigenvalue weighted by Crippen LogP contribution is 2.28. The van der Waals surface area contributed by atoms with Gasteiger partial charge in [-0.05, 0) is 69.7 Å². The Morgan fingerprint density at radius 1 is 1.12 bits per heavy atom. The number of piperidine rings is 1. The van der Waals surface area contributed by atoms with Crippen molar-refractivity contribution in [2.75, 3.05) is 46.5 Å². The highest BCUT2D eigenvalue weighted by atomic mass is 16.5. The fourth-order valence-electron chi connectivity index (χ4n) is 5.56. The Bertz CT molecular complexity index is 661. The molecule has 0 aromatic heterocycles. The van der Waals surface area contributed by atoms with Gasteiger partial charge in [0.1, 0.15) is 12.6 Å². The van der Waals surface area contributed by atoms with Crippen molar-refractivity contribution in [2.45, 2.75) is 76.5 Å². The third-order valence-corrected chi connectivity index (χ3v) is 7.60. The molecule has 0 bridgehead atoms. The molecule has 3 aliphatic rings. The van der Waals surface area contributed by atoms with Crippen LogP contribution >= 0.6 is 0 Å². The van der Waals surface area contributed by atoms with Crippen molar-refractivity contribution in [3.63, 3.8) is 0 Å². The number of nitrogens with two attached hydrogens (primary N) is 1. The van der Waals surface area contributed by atoms with E-state index in [-0.39, 0.29) is 36.5 Å². The smallest absolute Gasteiger partial charge is 0.248 e. The normalized spacial score (nSPS) is 30.2. The molecule has 1 saturated carbocycles. The molecule has 2 heterocycles. The molecule has 0 aromatic carbocycles. The molecular weight excluding hydrogens is 424 g/mol. The van der Waals surface area contributed by atoms with Crippen LogP contribution in [-0.2, 0) is 23.9 Å². The molecule has 2 unspecified atom stereocenters. The number of carbonyl (C=O) groups excluding carboxylic acids is 3. The highest BCUT2D eigenvalue weighted by Gasteiger charge is 2.39. The maximum absolute atomic E-state index is 13.2. The van der Waals surface area contributed by atoms with Gasteiger partial charge in [0.25, 0.3) is 0 Å². The third-order valence-electron chi connectivity index (χ3n) is 7.60. The van der Waals surface area contributed by atoms with Crippen LogP contribution < -0.4 is 11.1 Å². The first-order chi connectivity index (χ1) is 15.9. The summed E-state index contributed by atoms with van der Waals surface area (Å²) in [7, 11) is 1.51. The lowest BCUT2D eigenvalue weighted by Crippen LogP contribution is -2.59. The van der Waals surface area contributed by atoms with Gasteiger partial charge in [-0.15, -0.1) is 0 Å². The van der Waals surface area contributed by atoms with Gasteiger partial charge >= 0.3 is 0 Å². The van der Waals surface area contributed by atoms with Crippen LogP contribution in [0.15, 0.2) is 0 Å². The number of nitrogens with zero attached hydrogens (tertiary/aromatic N) is 2. The van der Waals surface area contributed by atoms with Gasteiger partial charge in [-0.25, -0.2) is 0 Å². The summed E-state index contributed by atoms with van der Waals surface area (Å²) in [4.78, 5) is 41.8. The summed E-state index contributed by atoms with van der Waals surface area (Å²) in [5.74, 6) is 0.744. The van der Waals surface area contributed by atoms with E-state index in [4.69, 9.17) is 15.2 Å². The number of rotatable bonds is 9. The Morgan fingerprint density at radius 2 is 1.85 bits per heavy atom. The average molecular weight is 467 g/mol. The zero-order chi connectivity index (χ0) is 23.8. The molecule has 3 N–H and O–H groups in total. The maximum atomic E-state index is 13.2. The van der Waals surface area contributed by atoms with E-state index in [0.29, 0.717) is 44.3 Å². The van der Waals surface area contributed by atoms with Crippen LogP contribution in [0, 0.1) is 11.8 Å². The minimum Gasteiger partial charge on any atom is -0.376 e. The van der Waals surface area contributed by atoms with Crippen LogP contribution in [0.3, 0.4) is 0 Å². The zero-order valence-corrected chi connectivity index (χ0v) is 20.3. The minimum atomic E-state index is -0.566. The summed E-state index contributed by atoms with van der Waals surface area (Å²) in [6.45, 7) is 4.56. The molecule has 33 heavy (non-hydrogen) atoms. The van der Waals surface area contributed by atoms with Crippen molar-refractivity contribution in [2.24, 2.45) is 17.6 Å². The van der Waals surface area contributed by atoms with Crippen molar-refractivity contribution in [3.8, 4) is 0 Å².